The van der Waals surface area contributed by atoms with E-state index >= 15 is 0 Å². The van der Waals surface area contributed by atoms with Crippen LogP contribution in [0, 0.1) is 0 Å². The maximum Gasteiger partial charge on any atom is 0.00964 e. The molecule has 0 heterocycles. The van der Waals surface area contributed by atoms with E-state index in [4.69, 9.17) is 0 Å². The van der Waals surface area contributed by atoms with Crippen LogP contribution in [0.5, 0.6) is 0 Å². The molecule has 1 N–H and O–H groups in total. The Morgan fingerprint density at radius 3 is 2.14 bits per heavy atom. The molecule has 1 aliphatic rings. The standard InChI is InChI=1S/C6H11N/c1-5-3-4-6(5)7-2/h7H,3-4H2,1-2H3. The van der Waals surface area contributed by atoms with E-state index in [0.29, 0.717) is 0 Å². The van der Waals surface area contributed by atoms with Crippen LogP contribution in [0.1, 0.15) is 19.8 Å². The molecule has 7 heavy (non-hydrogen) atoms. The van der Waals surface area contributed by atoms with Crippen LogP contribution in [0.15, 0.2) is 11.3 Å². The van der Waals surface area contributed by atoms with Gasteiger partial charge in [0.05, 0.1) is 0 Å². The normalized spacial score (nSPS) is 19.1. The molecule has 1 nitrogen and oxygen atoms in total. The summed E-state index contributed by atoms with van der Waals surface area (Å²) in [7, 11) is 1.98. The average molecular weight is 97.2 g/mol. The number of rotatable bonds is 1. The van der Waals surface area contributed by atoms with Gasteiger partial charge in [-0.2, -0.15) is 0 Å². The SMILES string of the molecule is CNC1=C(C)CC1. The first kappa shape index (κ1) is 4.69. The Morgan fingerprint density at radius 1 is 1.43 bits per heavy atom. The molecule has 0 unspecified atom stereocenters. The molecule has 0 aromatic carbocycles. The second-order valence-corrected chi connectivity index (χ2v) is 2.01. The Morgan fingerprint density at radius 2 is 2.14 bits per heavy atom. The quantitative estimate of drug-likeness (QED) is 0.519. The van der Waals surface area contributed by atoms with Gasteiger partial charge < -0.3 is 5.32 Å². The molecule has 0 aliphatic heterocycles. The van der Waals surface area contributed by atoms with Crippen molar-refractivity contribution in [3.05, 3.63) is 11.3 Å². The van der Waals surface area contributed by atoms with Gasteiger partial charge in [0.25, 0.3) is 0 Å². The molecule has 0 radical (unpaired) electrons. The first-order valence-corrected chi connectivity index (χ1v) is 2.71. The first-order valence-electron chi connectivity index (χ1n) is 2.71. The van der Waals surface area contributed by atoms with E-state index in [-0.39, 0.29) is 0 Å². The minimum atomic E-state index is 1.27. The molecule has 0 bridgehead atoms. The highest BCUT2D eigenvalue weighted by Gasteiger charge is 2.09. The highest BCUT2D eigenvalue weighted by Crippen LogP contribution is 2.23. The van der Waals surface area contributed by atoms with E-state index in [1.54, 1.807) is 0 Å². The molecule has 0 aromatic rings. The maximum absolute atomic E-state index is 3.13. The van der Waals surface area contributed by atoms with Crippen molar-refractivity contribution < 1.29 is 0 Å². The van der Waals surface area contributed by atoms with Crippen molar-refractivity contribution >= 4 is 0 Å². The summed E-state index contributed by atoms with van der Waals surface area (Å²) in [6, 6.07) is 0. The van der Waals surface area contributed by atoms with Crippen molar-refractivity contribution in [3.63, 3.8) is 0 Å². The molecule has 0 aromatic heterocycles. The summed E-state index contributed by atoms with van der Waals surface area (Å²) in [5.74, 6) is 0. The van der Waals surface area contributed by atoms with E-state index in [1.807, 2.05) is 7.05 Å². The smallest absolute Gasteiger partial charge is 0.00964 e. The van der Waals surface area contributed by atoms with Crippen LogP contribution in [0.2, 0.25) is 0 Å². The first-order chi connectivity index (χ1) is 3.34. The lowest BCUT2D eigenvalue weighted by Gasteiger charge is -2.19. The second-order valence-electron chi connectivity index (χ2n) is 2.01. The zero-order valence-corrected chi connectivity index (χ0v) is 4.91. The Balaban J connectivity index is 2.53. The van der Waals surface area contributed by atoms with Crippen molar-refractivity contribution in [2.45, 2.75) is 19.8 Å². The van der Waals surface area contributed by atoms with Crippen LogP contribution in [0.3, 0.4) is 0 Å². The van der Waals surface area contributed by atoms with E-state index in [9.17, 15) is 0 Å². The summed E-state index contributed by atoms with van der Waals surface area (Å²) in [5, 5.41) is 3.13. The molecule has 40 valence electrons. The third-order valence-electron chi connectivity index (χ3n) is 1.57. The predicted octanol–water partition coefficient (Wildman–Crippen LogP) is 1.27. The molecule has 0 saturated heterocycles. The van der Waals surface area contributed by atoms with Gasteiger partial charge in [0.2, 0.25) is 0 Å². The third kappa shape index (κ3) is 0.625. The molecule has 1 heteroatoms. The van der Waals surface area contributed by atoms with Crippen molar-refractivity contribution in [2.75, 3.05) is 7.05 Å². The molecule has 1 rings (SSSR count). The number of hydrogen-bond acceptors (Lipinski definition) is 1. The van der Waals surface area contributed by atoms with Gasteiger partial charge in [-0.25, -0.2) is 0 Å². The van der Waals surface area contributed by atoms with Crippen molar-refractivity contribution in [3.8, 4) is 0 Å². The summed E-state index contributed by atoms with van der Waals surface area (Å²) < 4.78 is 0. The van der Waals surface area contributed by atoms with Crippen LogP contribution in [0.4, 0.5) is 0 Å². The Labute approximate surface area is 44.4 Å². The van der Waals surface area contributed by atoms with Gasteiger partial charge in [0.15, 0.2) is 0 Å². The number of hydrogen-bond donors (Lipinski definition) is 1. The molecule has 0 saturated carbocycles. The van der Waals surface area contributed by atoms with Gasteiger partial charge in [-0.05, 0) is 19.8 Å². The highest BCUT2D eigenvalue weighted by atomic mass is 14.8. The number of allylic oxidation sites excluding steroid dienone is 2. The van der Waals surface area contributed by atoms with E-state index in [1.165, 1.54) is 24.1 Å². The summed E-state index contributed by atoms with van der Waals surface area (Å²) in [4.78, 5) is 0. The monoisotopic (exact) mass is 97.1 g/mol. The molecular formula is C6H11N. The lowest BCUT2D eigenvalue weighted by atomic mass is 9.96. The largest absolute Gasteiger partial charge is 0.391 e. The molecule has 0 amide bonds. The lowest BCUT2D eigenvalue weighted by Crippen LogP contribution is -2.14. The minimum Gasteiger partial charge on any atom is -0.391 e. The van der Waals surface area contributed by atoms with E-state index in [2.05, 4.69) is 12.2 Å². The molecule has 0 fully saturated rings. The fourth-order valence-electron chi connectivity index (χ4n) is 0.838. The fraction of sp³-hybridized carbons (Fsp3) is 0.667. The van der Waals surface area contributed by atoms with Crippen molar-refractivity contribution in [1.29, 1.82) is 0 Å². The molecule has 0 atom stereocenters. The average Bonchev–Trinajstić information content (AvgIpc) is 1.65. The topological polar surface area (TPSA) is 12.0 Å². The van der Waals surface area contributed by atoms with Gasteiger partial charge in [-0.3, -0.25) is 0 Å². The lowest BCUT2D eigenvalue weighted by molar-refractivity contribution is 0.716. The van der Waals surface area contributed by atoms with Gasteiger partial charge in [0.1, 0.15) is 0 Å². The van der Waals surface area contributed by atoms with Crippen molar-refractivity contribution in [1.82, 2.24) is 5.32 Å². The Hall–Kier alpha value is -0.460. The fourth-order valence-corrected chi connectivity index (χ4v) is 0.838. The number of nitrogens with one attached hydrogen (secondary N) is 1. The zero-order chi connectivity index (χ0) is 5.28. The van der Waals surface area contributed by atoms with Crippen LogP contribution in [-0.2, 0) is 0 Å². The van der Waals surface area contributed by atoms with Crippen LogP contribution >= 0.6 is 0 Å². The van der Waals surface area contributed by atoms with Crippen LogP contribution < -0.4 is 5.32 Å². The van der Waals surface area contributed by atoms with Crippen LogP contribution in [0.25, 0.3) is 0 Å². The Kier molecular flexibility index (Phi) is 1.05. The third-order valence-corrected chi connectivity index (χ3v) is 1.57. The minimum absolute atomic E-state index is 1.27. The summed E-state index contributed by atoms with van der Waals surface area (Å²) in [6.07, 6.45) is 2.57. The second kappa shape index (κ2) is 1.57. The summed E-state index contributed by atoms with van der Waals surface area (Å²) in [6.45, 7) is 2.18. The van der Waals surface area contributed by atoms with E-state index in [0.717, 1.165) is 0 Å². The van der Waals surface area contributed by atoms with E-state index < -0.39 is 0 Å². The van der Waals surface area contributed by atoms with Gasteiger partial charge >= 0.3 is 0 Å². The van der Waals surface area contributed by atoms with Gasteiger partial charge in [-0.1, -0.05) is 5.57 Å². The summed E-state index contributed by atoms with van der Waals surface area (Å²) >= 11 is 0. The molecular weight excluding hydrogens is 86.1 g/mol. The molecule has 1 aliphatic carbocycles. The van der Waals surface area contributed by atoms with Crippen LogP contribution in [-0.4, -0.2) is 7.05 Å². The maximum atomic E-state index is 3.13. The van der Waals surface area contributed by atoms with Gasteiger partial charge in [0, 0.05) is 12.7 Å². The van der Waals surface area contributed by atoms with Crippen molar-refractivity contribution in [2.24, 2.45) is 0 Å². The van der Waals surface area contributed by atoms with Gasteiger partial charge in [-0.15, -0.1) is 0 Å². The summed E-state index contributed by atoms with van der Waals surface area (Å²) in [5.41, 5.74) is 2.97. The Bertz CT molecular complexity index is 103. The predicted molar refractivity (Wildman–Crippen MR) is 31.0 cm³/mol. The molecule has 0 spiro atoms. The highest BCUT2D eigenvalue weighted by molar-refractivity contribution is 5.19. The zero-order valence-electron chi connectivity index (χ0n) is 4.91.